The summed E-state index contributed by atoms with van der Waals surface area (Å²) in [6.07, 6.45) is 16.4. The molecule has 0 heterocycles. The fourth-order valence-corrected chi connectivity index (χ4v) is 10.5. The van der Waals surface area contributed by atoms with Gasteiger partial charge in [-0.2, -0.15) is 0 Å². The van der Waals surface area contributed by atoms with E-state index in [4.69, 9.17) is 4.43 Å². The van der Waals surface area contributed by atoms with Crippen LogP contribution in [0.2, 0.25) is 18.1 Å². The van der Waals surface area contributed by atoms with Gasteiger partial charge in [0.2, 0.25) is 0 Å². The summed E-state index contributed by atoms with van der Waals surface area (Å²) in [4.78, 5) is 0. The number of aliphatic hydroxyl groups excluding tert-OH is 1. The van der Waals surface area contributed by atoms with E-state index in [-0.39, 0.29) is 11.1 Å². The Bertz CT molecular complexity index is 861. The quantitative estimate of drug-likeness (QED) is 0.282. The summed E-state index contributed by atoms with van der Waals surface area (Å²) in [5.74, 6) is 3.56. The molecule has 36 heavy (non-hydrogen) atoms. The zero-order chi connectivity index (χ0) is 26.7. The molecule has 4 aliphatic rings. The minimum absolute atomic E-state index is 0.204. The molecule has 0 aliphatic heterocycles. The number of rotatable bonds is 6. The molecule has 0 aromatic heterocycles. The van der Waals surface area contributed by atoms with Gasteiger partial charge in [0, 0.05) is 6.10 Å². The van der Waals surface area contributed by atoms with E-state index in [2.05, 4.69) is 80.6 Å². The normalized spacial score (nSPS) is 40.4. The second-order valence-electron chi connectivity index (χ2n) is 15.7. The first-order valence-electron chi connectivity index (χ1n) is 15.3. The van der Waals surface area contributed by atoms with E-state index in [1.165, 1.54) is 56.9 Å². The van der Waals surface area contributed by atoms with Gasteiger partial charge >= 0.3 is 0 Å². The van der Waals surface area contributed by atoms with Crippen molar-refractivity contribution in [2.75, 3.05) is 0 Å². The molecular weight excluding hydrogens is 456 g/mol. The van der Waals surface area contributed by atoms with Gasteiger partial charge in [0.1, 0.15) is 0 Å². The van der Waals surface area contributed by atoms with Crippen LogP contribution in [0.1, 0.15) is 113 Å². The van der Waals surface area contributed by atoms with Gasteiger partial charge in [-0.05, 0) is 130 Å². The third kappa shape index (κ3) is 4.99. The Labute approximate surface area is 224 Å². The van der Waals surface area contributed by atoms with Crippen LogP contribution in [0.5, 0.6) is 0 Å². The van der Waals surface area contributed by atoms with Gasteiger partial charge in [-0.15, -0.1) is 0 Å². The van der Waals surface area contributed by atoms with E-state index in [9.17, 15) is 5.11 Å². The number of hydrogen-bond donors (Lipinski definition) is 1. The predicted octanol–water partition coefficient (Wildman–Crippen LogP) is 9.31. The minimum atomic E-state index is -1.73. The van der Waals surface area contributed by atoms with Crippen LogP contribution in [0.3, 0.4) is 0 Å². The molecule has 206 valence electrons. The number of fused-ring (bicyclic) bond motifs is 5. The lowest BCUT2D eigenvalue weighted by molar-refractivity contribution is -0.0663. The second kappa shape index (κ2) is 9.98. The first-order chi connectivity index (χ1) is 16.6. The molecule has 0 radical (unpaired) electrons. The number of hydrogen-bond acceptors (Lipinski definition) is 2. The molecule has 3 saturated carbocycles. The summed E-state index contributed by atoms with van der Waals surface area (Å²) in [5.41, 5.74) is 3.84. The Morgan fingerprint density at radius 3 is 2.44 bits per heavy atom. The van der Waals surface area contributed by atoms with Gasteiger partial charge in [0.05, 0.1) is 6.10 Å². The molecule has 4 aliphatic carbocycles. The standard InChI is InChI=1S/C33H58O2Si/c1-22(2)11-16-30(34)23(3)27-14-15-28-26-13-12-24-21-25(35-36(9,10)31(4,5)6)17-19-32(24,7)29(26)18-20-33(27,28)8/h11-12,23,25-30,34H,13-21H2,1-10H3/t23-,25-,26-,27+,28?,29?,30-,32-,33+/m0/s1. The topological polar surface area (TPSA) is 29.5 Å². The van der Waals surface area contributed by atoms with E-state index in [1.54, 1.807) is 5.57 Å². The monoisotopic (exact) mass is 514 g/mol. The molecule has 9 atom stereocenters. The SMILES string of the molecule is CC(C)=CC[C@H](O)[C@@H](C)[C@H]1CCC2[C@@H]3CC=C4C[C@@H](O[Si](C)(C)C(C)(C)C)CC[C@]4(C)C3CC[C@@]21C. The third-order valence-corrected chi connectivity index (χ3v) is 16.9. The fourth-order valence-electron chi connectivity index (χ4n) is 9.07. The Morgan fingerprint density at radius 2 is 1.81 bits per heavy atom. The van der Waals surface area contributed by atoms with Crippen molar-refractivity contribution in [1.82, 2.24) is 0 Å². The van der Waals surface area contributed by atoms with Crippen LogP contribution < -0.4 is 0 Å². The zero-order valence-corrected chi connectivity index (χ0v) is 26.4. The van der Waals surface area contributed by atoms with Crippen molar-refractivity contribution < 1.29 is 9.53 Å². The van der Waals surface area contributed by atoms with Gasteiger partial charge in [-0.3, -0.25) is 0 Å². The van der Waals surface area contributed by atoms with Crippen molar-refractivity contribution in [3.8, 4) is 0 Å². The molecule has 2 nitrogen and oxygen atoms in total. The zero-order valence-electron chi connectivity index (χ0n) is 25.4. The Kier molecular flexibility index (Phi) is 7.93. The summed E-state index contributed by atoms with van der Waals surface area (Å²) in [6.45, 7) is 23.8. The Morgan fingerprint density at radius 1 is 1.11 bits per heavy atom. The van der Waals surface area contributed by atoms with Crippen LogP contribution in [0.25, 0.3) is 0 Å². The molecule has 4 rings (SSSR count). The Hall–Kier alpha value is -0.383. The molecule has 2 unspecified atom stereocenters. The average molecular weight is 515 g/mol. The maximum Gasteiger partial charge on any atom is 0.192 e. The lowest BCUT2D eigenvalue weighted by Gasteiger charge is -2.59. The van der Waals surface area contributed by atoms with Crippen molar-refractivity contribution >= 4 is 8.32 Å². The summed E-state index contributed by atoms with van der Waals surface area (Å²) in [6, 6.07) is 0. The molecule has 3 fully saturated rings. The minimum Gasteiger partial charge on any atom is -0.414 e. The molecule has 0 aromatic rings. The second-order valence-corrected chi connectivity index (χ2v) is 20.4. The highest BCUT2D eigenvalue weighted by Gasteiger charge is 2.59. The largest absolute Gasteiger partial charge is 0.414 e. The van der Waals surface area contributed by atoms with Gasteiger partial charge in [-0.1, -0.05) is 64.8 Å². The summed E-state index contributed by atoms with van der Waals surface area (Å²) in [5, 5.41) is 11.3. The first kappa shape index (κ1) is 28.6. The van der Waals surface area contributed by atoms with Gasteiger partial charge in [-0.25, -0.2) is 0 Å². The Balaban J connectivity index is 1.48. The molecule has 0 spiro atoms. The summed E-state index contributed by atoms with van der Waals surface area (Å²) in [7, 11) is -1.73. The molecule has 0 bridgehead atoms. The van der Waals surface area contributed by atoms with Crippen LogP contribution in [0.4, 0.5) is 0 Å². The van der Waals surface area contributed by atoms with Crippen LogP contribution in [0, 0.1) is 40.4 Å². The molecule has 0 saturated heterocycles. The molecule has 3 heteroatoms. The molecule has 0 aromatic carbocycles. The summed E-state index contributed by atoms with van der Waals surface area (Å²) >= 11 is 0. The van der Waals surface area contributed by atoms with Crippen molar-refractivity contribution in [2.24, 2.45) is 40.4 Å². The van der Waals surface area contributed by atoms with E-state index in [0.29, 0.717) is 28.8 Å². The van der Waals surface area contributed by atoms with Gasteiger partial charge in [0.15, 0.2) is 8.32 Å². The van der Waals surface area contributed by atoms with E-state index in [0.717, 1.165) is 24.2 Å². The van der Waals surface area contributed by atoms with Crippen molar-refractivity contribution in [3.05, 3.63) is 23.3 Å². The molecule has 1 N–H and O–H groups in total. The highest BCUT2D eigenvalue weighted by Crippen LogP contribution is 2.67. The van der Waals surface area contributed by atoms with Crippen LogP contribution >= 0.6 is 0 Å². The van der Waals surface area contributed by atoms with Crippen molar-refractivity contribution in [2.45, 2.75) is 144 Å². The van der Waals surface area contributed by atoms with E-state index >= 15 is 0 Å². The highest BCUT2D eigenvalue weighted by molar-refractivity contribution is 6.74. The maximum atomic E-state index is 11.1. The lowest BCUT2D eigenvalue weighted by atomic mass is 9.47. The van der Waals surface area contributed by atoms with Crippen LogP contribution in [-0.2, 0) is 4.43 Å². The molecular formula is C33H58O2Si. The van der Waals surface area contributed by atoms with Gasteiger partial charge in [0.25, 0.3) is 0 Å². The highest BCUT2D eigenvalue weighted by atomic mass is 28.4. The smallest absolute Gasteiger partial charge is 0.192 e. The number of aliphatic hydroxyl groups is 1. The van der Waals surface area contributed by atoms with E-state index < -0.39 is 8.32 Å². The third-order valence-electron chi connectivity index (χ3n) is 12.4. The predicted molar refractivity (Wildman–Crippen MR) is 156 cm³/mol. The average Bonchev–Trinajstić information content (AvgIpc) is 3.13. The van der Waals surface area contributed by atoms with Crippen molar-refractivity contribution in [1.29, 1.82) is 0 Å². The molecule has 0 amide bonds. The van der Waals surface area contributed by atoms with Gasteiger partial charge < -0.3 is 9.53 Å². The number of allylic oxidation sites excluding steroid dienone is 2. The summed E-state index contributed by atoms with van der Waals surface area (Å²) < 4.78 is 6.93. The van der Waals surface area contributed by atoms with E-state index in [1.807, 2.05) is 0 Å². The van der Waals surface area contributed by atoms with Crippen LogP contribution in [-0.4, -0.2) is 25.6 Å². The van der Waals surface area contributed by atoms with Crippen molar-refractivity contribution in [3.63, 3.8) is 0 Å². The lowest BCUT2D eigenvalue weighted by Crippen LogP contribution is -2.52. The van der Waals surface area contributed by atoms with Crippen LogP contribution in [0.15, 0.2) is 23.3 Å². The first-order valence-corrected chi connectivity index (χ1v) is 18.2. The fraction of sp³-hybridized carbons (Fsp3) is 0.879. The maximum absolute atomic E-state index is 11.1.